The molecule has 1 aromatic carbocycles. The van der Waals surface area contributed by atoms with Crippen molar-refractivity contribution < 1.29 is 19.5 Å². The molecule has 8 nitrogen and oxygen atoms in total. The van der Waals surface area contributed by atoms with Crippen LogP contribution in [0.1, 0.15) is 36.5 Å². The van der Waals surface area contributed by atoms with Gasteiger partial charge in [-0.1, -0.05) is 26.0 Å². The van der Waals surface area contributed by atoms with Gasteiger partial charge in [-0.2, -0.15) is 0 Å². The quantitative estimate of drug-likeness (QED) is 0.659. The highest BCUT2D eigenvalue weighted by atomic mass is 16.5. The Morgan fingerprint density at radius 2 is 2.06 bits per heavy atom. The summed E-state index contributed by atoms with van der Waals surface area (Å²) in [6.07, 6.45) is 1.70. The van der Waals surface area contributed by atoms with Gasteiger partial charge >= 0.3 is 7.12 Å². The van der Waals surface area contributed by atoms with Crippen molar-refractivity contribution in [2.75, 3.05) is 39.3 Å². The molecule has 0 bridgehead atoms. The van der Waals surface area contributed by atoms with Crippen LogP contribution in [0.4, 0.5) is 5.82 Å². The monoisotopic (exact) mass is 440 g/mol. The van der Waals surface area contributed by atoms with E-state index in [-0.39, 0.29) is 11.5 Å². The predicted octanol–water partition coefficient (Wildman–Crippen LogP) is 0.757. The van der Waals surface area contributed by atoms with E-state index in [4.69, 9.17) is 19.4 Å². The average Bonchev–Trinajstić information content (AvgIpc) is 2.93. The smallest absolute Gasteiger partial charge is 0.488 e. The van der Waals surface area contributed by atoms with Crippen molar-refractivity contribution in [3.63, 3.8) is 0 Å². The van der Waals surface area contributed by atoms with Crippen molar-refractivity contribution in [2.24, 2.45) is 5.41 Å². The van der Waals surface area contributed by atoms with Crippen molar-refractivity contribution in [2.45, 2.75) is 45.9 Å². The molecule has 2 heterocycles. The Morgan fingerprint density at radius 1 is 1.28 bits per heavy atom. The number of fused-ring (bicyclic) bond motifs is 2. The Labute approximate surface area is 190 Å². The van der Waals surface area contributed by atoms with Gasteiger partial charge in [0.1, 0.15) is 24.0 Å². The minimum absolute atomic E-state index is 0.0304. The summed E-state index contributed by atoms with van der Waals surface area (Å²) in [5.74, 6) is 2.51. The van der Waals surface area contributed by atoms with Crippen LogP contribution in [-0.2, 0) is 30.7 Å². The molecule has 9 heteroatoms. The molecule has 1 unspecified atom stereocenters. The highest BCUT2D eigenvalue weighted by Gasteiger charge is 2.39. The lowest BCUT2D eigenvalue weighted by Gasteiger charge is -2.40. The van der Waals surface area contributed by atoms with E-state index in [9.17, 15) is 10.0 Å². The van der Waals surface area contributed by atoms with E-state index < -0.39 is 7.12 Å². The summed E-state index contributed by atoms with van der Waals surface area (Å²) in [5, 5.41) is 19.3. The molecule has 1 aliphatic heterocycles. The minimum atomic E-state index is -1.51. The lowest BCUT2D eigenvalue weighted by Crippen LogP contribution is -2.41. The van der Waals surface area contributed by atoms with Gasteiger partial charge in [0.2, 0.25) is 0 Å². The standard InChI is InChI=1S/C23H33BN4O4/c1-23(2)12-17-18(11-20(23)31-5)25-21(14-27(3)4)26-22(17)28-8-9-32-19-7-6-16(24(29)30)10-15(19)13-28/h6-7,10,20,29-30H,8-9,11-14H2,1-5H3. The zero-order chi connectivity index (χ0) is 23.0. The van der Waals surface area contributed by atoms with Crippen LogP contribution in [0.2, 0.25) is 0 Å². The van der Waals surface area contributed by atoms with Crippen LogP contribution in [-0.4, -0.2) is 72.5 Å². The molecule has 1 aromatic heterocycles. The van der Waals surface area contributed by atoms with E-state index in [0.717, 1.165) is 41.5 Å². The molecule has 0 fully saturated rings. The number of hydrogen-bond acceptors (Lipinski definition) is 8. The topological polar surface area (TPSA) is 91.2 Å². The molecule has 0 spiro atoms. The fourth-order valence-corrected chi connectivity index (χ4v) is 4.71. The van der Waals surface area contributed by atoms with Crippen LogP contribution < -0.4 is 15.1 Å². The summed E-state index contributed by atoms with van der Waals surface area (Å²) in [4.78, 5) is 14.2. The van der Waals surface area contributed by atoms with Crippen LogP contribution in [0.5, 0.6) is 5.75 Å². The zero-order valence-electron chi connectivity index (χ0n) is 19.6. The Bertz CT molecular complexity index is 983. The number of rotatable bonds is 5. The fourth-order valence-electron chi connectivity index (χ4n) is 4.71. The van der Waals surface area contributed by atoms with Crippen molar-refractivity contribution >= 4 is 18.4 Å². The Balaban J connectivity index is 1.77. The number of anilines is 1. The number of aromatic nitrogens is 2. The van der Waals surface area contributed by atoms with E-state index in [1.54, 1.807) is 19.2 Å². The maximum absolute atomic E-state index is 9.63. The molecule has 2 aliphatic rings. The Morgan fingerprint density at radius 3 is 2.75 bits per heavy atom. The van der Waals surface area contributed by atoms with Gasteiger partial charge < -0.3 is 29.3 Å². The number of benzene rings is 1. The van der Waals surface area contributed by atoms with Crippen molar-refractivity contribution in [1.82, 2.24) is 14.9 Å². The molecule has 0 radical (unpaired) electrons. The molecule has 1 aliphatic carbocycles. The first-order chi connectivity index (χ1) is 15.2. The highest BCUT2D eigenvalue weighted by Crippen LogP contribution is 2.40. The fraction of sp³-hybridized carbons (Fsp3) is 0.565. The molecule has 32 heavy (non-hydrogen) atoms. The van der Waals surface area contributed by atoms with Gasteiger partial charge in [-0.3, -0.25) is 0 Å². The van der Waals surface area contributed by atoms with Crippen LogP contribution >= 0.6 is 0 Å². The summed E-state index contributed by atoms with van der Waals surface area (Å²) < 4.78 is 11.8. The van der Waals surface area contributed by atoms with Crippen LogP contribution in [0.25, 0.3) is 0 Å². The van der Waals surface area contributed by atoms with Crippen molar-refractivity contribution in [1.29, 1.82) is 0 Å². The molecular formula is C23H33BN4O4. The van der Waals surface area contributed by atoms with Crippen molar-refractivity contribution in [3.8, 4) is 5.75 Å². The van der Waals surface area contributed by atoms with E-state index in [0.29, 0.717) is 31.7 Å². The molecule has 0 amide bonds. The SMILES string of the molecule is COC1Cc2nc(CN(C)C)nc(N3CCOc4ccc(B(O)O)cc4C3)c2CC1(C)C. The zero-order valence-corrected chi connectivity index (χ0v) is 19.6. The summed E-state index contributed by atoms with van der Waals surface area (Å²) in [7, 11) is 4.29. The van der Waals surface area contributed by atoms with Gasteiger partial charge in [0.25, 0.3) is 0 Å². The molecular weight excluding hydrogens is 407 g/mol. The molecule has 172 valence electrons. The second kappa shape index (κ2) is 8.98. The maximum Gasteiger partial charge on any atom is 0.488 e. The second-order valence-electron chi connectivity index (χ2n) is 9.73. The lowest BCUT2D eigenvalue weighted by atomic mass is 9.73. The third kappa shape index (κ3) is 4.61. The summed E-state index contributed by atoms with van der Waals surface area (Å²) >= 11 is 0. The third-order valence-electron chi connectivity index (χ3n) is 6.40. The number of hydrogen-bond donors (Lipinski definition) is 2. The van der Waals surface area contributed by atoms with Crippen LogP contribution in [0.3, 0.4) is 0 Å². The normalized spacial score (nSPS) is 19.8. The highest BCUT2D eigenvalue weighted by molar-refractivity contribution is 6.58. The number of methoxy groups -OCH3 is 1. The van der Waals surface area contributed by atoms with E-state index in [2.05, 4.69) is 23.6 Å². The van der Waals surface area contributed by atoms with Crippen LogP contribution in [0, 0.1) is 5.41 Å². The molecule has 2 N–H and O–H groups in total. The van der Waals surface area contributed by atoms with E-state index in [1.165, 1.54) is 5.56 Å². The molecule has 0 saturated carbocycles. The van der Waals surface area contributed by atoms with E-state index in [1.807, 2.05) is 20.2 Å². The third-order valence-corrected chi connectivity index (χ3v) is 6.40. The average molecular weight is 440 g/mol. The first-order valence-electron chi connectivity index (χ1n) is 11.1. The van der Waals surface area contributed by atoms with Gasteiger partial charge in [0.15, 0.2) is 0 Å². The largest absolute Gasteiger partial charge is 0.491 e. The van der Waals surface area contributed by atoms with Crippen molar-refractivity contribution in [3.05, 3.63) is 40.8 Å². The van der Waals surface area contributed by atoms with E-state index >= 15 is 0 Å². The molecule has 4 rings (SSSR count). The minimum Gasteiger partial charge on any atom is -0.491 e. The van der Waals surface area contributed by atoms with Gasteiger partial charge in [-0.25, -0.2) is 9.97 Å². The Hall–Kier alpha value is -2.20. The lowest BCUT2D eigenvalue weighted by molar-refractivity contribution is -0.000218. The summed E-state index contributed by atoms with van der Waals surface area (Å²) in [6.45, 7) is 6.91. The molecule has 1 atom stereocenters. The Kier molecular flexibility index (Phi) is 6.45. The van der Waals surface area contributed by atoms with Gasteiger partial charge in [-0.05, 0) is 37.5 Å². The van der Waals surface area contributed by atoms with Gasteiger partial charge in [-0.15, -0.1) is 0 Å². The molecule has 0 saturated heterocycles. The number of nitrogens with zero attached hydrogens (tertiary/aromatic N) is 4. The first-order valence-corrected chi connectivity index (χ1v) is 11.1. The van der Waals surface area contributed by atoms with Gasteiger partial charge in [0.05, 0.1) is 24.9 Å². The first kappa shape index (κ1) is 23.0. The van der Waals surface area contributed by atoms with Gasteiger partial charge in [0, 0.05) is 31.2 Å². The summed E-state index contributed by atoms with van der Waals surface area (Å²) in [6, 6.07) is 5.30. The maximum atomic E-state index is 9.63. The number of ether oxygens (including phenoxy) is 2. The van der Waals surface area contributed by atoms with Crippen LogP contribution in [0.15, 0.2) is 18.2 Å². The summed E-state index contributed by atoms with van der Waals surface area (Å²) in [5.41, 5.74) is 3.57. The molecule has 2 aromatic rings. The second-order valence-corrected chi connectivity index (χ2v) is 9.73. The predicted molar refractivity (Wildman–Crippen MR) is 124 cm³/mol.